The van der Waals surface area contributed by atoms with Crippen molar-refractivity contribution >= 4 is 28.9 Å². The van der Waals surface area contributed by atoms with Crippen molar-refractivity contribution in [1.29, 1.82) is 0 Å². The summed E-state index contributed by atoms with van der Waals surface area (Å²) in [6.45, 7) is 1.69. The Hall–Kier alpha value is -0.610. The smallest absolute Gasteiger partial charge is 0.347 e. The second-order valence-corrected chi connectivity index (χ2v) is 3.73. The Balaban J connectivity index is 2.92. The third-order valence-electron chi connectivity index (χ3n) is 1.34. The Kier molecular flexibility index (Phi) is 3.05. The molecule has 66 valence electrons. The fourth-order valence-corrected chi connectivity index (χ4v) is 2.03. The predicted molar refractivity (Wildman–Crippen MR) is 48.2 cm³/mol. The van der Waals surface area contributed by atoms with E-state index >= 15 is 0 Å². The highest BCUT2D eigenvalue weighted by Crippen LogP contribution is 2.18. The second kappa shape index (κ2) is 3.87. The molecule has 0 atom stereocenters. The molecule has 0 aliphatic carbocycles. The zero-order valence-corrected chi connectivity index (χ0v) is 8.08. The van der Waals surface area contributed by atoms with Crippen LogP contribution in [0.25, 0.3) is 0 Å². The Bertz CT molecular complexity index is 298. The van der Waals surface area contributed by atoms with Gasteiger partial charge in [-0.25, -0.2) is 9.78 Å². The fourth-order valence-electron chi connectivity index (χ4n) is 0.838. The Morgan fingerprint density at radius 2 is 2.42 bits per heavy atom. The normalized spacial score (nSPS) is 10.2. The number of aromatic nitrogens is 1. The first-order chi connectivity index (χ1) is 5.65. The third kappa shape index (κ3) is 1.95. The average Bonchev–Trinajstić information content (AvgIpc) is 2.32. The fraction of sp³-hybridized carbons (Fsp3) is 0.429. The molecule has 12 heavy (non-hydrogen) atoms. The Morgan fingerprint density at radius 3 is 2.83 bits per heavy atom. The van der Waals surface area contributed by atoms with Gasteiger partial charge in [0.05, 0.1) is 10.7 Å². The van der Waals surface area contributed by atoms with E-state index in [-0.39, 0.29) is 0 Å². The molecule has 0 radical (unpaired) electrons. The molecule has 3 nitrogen and oxygen atoms in total. The molecule has 0 aromatic carbocycles. The van der Waals surface area contributed by atoms with Crippen molar-refractivity contribution in [2.75, 3.05) is 5.88 Å². The van der Waals surface area contributed by atoms with Gasteiger partial charge in [-0.2, -0.15) is 0 Å². The van der Waals surface area contributed by atoms with Gasteiger partial charge in [-0.05, 0) is 6.92 Å². The molecule has 1 N–H and O–H groups in total. The highest BCUT2D eigenvalue weighted by atomic mass is 35.5. The topological polar surface area (TPSA) is 50.2 Å². The largest absolute Gasteiger partial charge is 0.477 e. The number of carbonyl (C=O) groups is 1. The van der Waals surface area contributed by atoms with Crippen LogP contribution in [0.15, 0.2) is 0 Å². The first-order valence-corrected chi connectivity index (χ1v) is 4.76. The summed E-state index contributed by atoms with van der Waals surface area (Å²) < 4.78 is 0. The number of rotatable bonds is 3. The molecule has 1 aromatic heterocycles. The molecular weight excluding hydrogens is 198 g/mol. The first kappa shape index (κ1) is 9.48. The summed E-state index contributed by atoms with van der Waals surface area (Å²) in [5.74, 6) is -0.433. The van der Waals surface area contributed by atoms with Crippen molar-refractivity contribution < 1.29 is 9.90 Å². The Labute approximate surface area is 79.0 Å². The highest BCUT2D eigenvalue weighted by Gasteiger charge is 2.12. The summed E-state index contributed by atoms with van der Waals surface area (Å²) in [4.78, 5) is 15.0. The number of nitrogens with zero attached hydrogens (tertiary/aromatic N) is 1. The minimum atomic E-state index is -0.911. The number of aryl methyl sites for hydroxylation is 2. The average molecular weight is 206 g/mol. The van der Waals surface area contributed by atoms with Crippen molar-refractivity contribution in [2.45, 2.75) is 13.3 Å². The summed E-state index contributed by atoms with van der Waals surface area (Å²) in [5, 5.41) is 9.48. The van der Waals surface area contributed by atoms with Crippen molar-refractivity contribution in [3.05, 3.63) is 15.6 Å². The third-order valence-corrected chi connectivity index (χ3v) is 2.74. The molecule has 1 aromatic rings. The number of alkyl halides is 1. The number of hydrogen-bond donors (Lipinski definition) is 1. The van der Waals surface area contributed by atoms with Crippen LogP contribution in [-0.2, 0) is 6.42 Å². The van der Waals surface area contributed by atoms with Gasteiger partial charge >= 0.3 is 5.97 Å². The minimum Gasteiger partial charge on any atom is -0.477 e. The standard InChI is InChI=1S/C7H8ClNO2S/c1-4-6(7(10)11)12-5(9-4)2-3-8/h2-3H2,1H3,(H,10,11). The van der Waals surface area contributed by atoms with Gasteiger partial charge in [0.25, 0.3) is 0 Å². The van der Waals surface area contributed by atoms with Gasteiger partial charge < -0.3 is 5.11 Å². The quantitative estimate of drug-likeness (QED) is 0.768. The maximum atomic E-state index is 10.6. The van der Waals surface area contributed by atoms with E-state index in [4.69, 9.17) is 16.7 Å². The lowest BCUT2D eigenvalue weighted by atomic mass is 10.4. The van der Waals surface area contributed by atoms with Gasteiger partial charge in [0.1, 0.15) is 4.88 Å². The molecule has 0 aliphatic heterocycles. The van der Waals surface area contributed by atoms with E-state index in [9.17, 15) is 4.79 Å². The number of thiazole rings is 1. The van der Waals surface area contributed by atoms with Crippen molar-refractivity contribution in [2.24, 2.45) is 0 Å². The van der Waals surface area contributed by atoms with Gasteiger partial charge in [0.2, 0.25) is 0 Å². The molecular formula is C7H8ClNO2S. The van der Waals surface area contributed by atoms with Gasteiger partial charge in [0, 0.05) is 12.3 Å². The van der Waals surface area contributed by atoms with Crippen LogP contribution in [0.4, 0.5) is 0 Å². The lowest BCUT2D eigenvalue weighted by molar-refractivity contribution is 0.0701. The highest BCUT2D eigenvalue weighted by molar-refractivity contribution is 7.13. The monoisotopic (exact) mass is 205 g/mol. The van der Waals surface area contributed by atoms with Gasteiger partial charge in [-0.15, -0.1) is 22.9 Å². The van der Waals surface area contributed by atoms with Crippen LogP contribution >= 0.6 is 22.9 Å². The van der Waals surface area contributed by atoms with Gasteiger partial charge in [-0.3, -0.25) is 0 Å². The second-order valence-electron chi connectivity index (χ2n) is 2.27. The van der Waals surface area contributed by atoms with Crippen molar-refractivity contribution in [3.63, 3.8) is 0 Å². The van der Waals surface area contributed by atoms with E-state index in [1.54, 1.807) is 6.92 Å². The summed E-state index contributed by atoms with van der Waals surface area (Å²) in [5.41, 5.74) is 0.576. The molecule has 0 bridgehead atoms. The SMILES string of the molecule is Cc1nc(CCCl)sc1C(=O)O. The van der Waals surface area contributed by atoms with Crippen LogP contribution in [-0.4, -0.2) is 21.9 Å². The van der Waals surface area contributed by atoms with Crippen molar-refractivity contribution in [3.8, 4) is 0 Å². The van der Waals surface area contributed by atoms with E-state index < -0.39 is 5.97 Å². The van der Waals surface area contributed by atoms with Crippen LogP contribution in [0.1, 0.15) is 20.4 Å². The van der Waals surface area contributed by atoms with Crippen LogP contribution in [0.5, 0.6) is 0 Å². The molecule has 0 amide bonds. The number of halogens is 1. The Morgan fingerprint density at radius 1 is 1.75 bits per heavy atom. The van der Waals surface area contributed by atoms with E-state index in [1.807, 2.05) is 0 Å². The van der Waals surface area contributed by atoms with E-state index in [1.165, 1.54) is 11.3 Å². The molecule has 1 rings (SSSR count). The van der Waals surface area contributed by atoms with Crippen LogP contribution in [0.3, 0.4) is 0 Å². The van der Waals surface area contributed by atoms with Crippen LogP contribution in [0, 0.1) is 6.92 Å². The van der Waals surface area contributed by atoms with Crippen LogP contribution < -0.4 is 0 Å². The zero-order valence-electron chi connectivity index (χ0n) is 6.50. The van der Waals surface area contributed by atoms with Gasteiger partial charge in [-0.1, -0.05) is 0 Å². The molecule has 0 saturated carbocycles. The molecule has 5 heteroatoms. The summed E-state index contributed by atoms with van der Waals surface area (Å²) in [7, 11) is 0. The summed E-state index contributed by atoms with van der Waals surface area (Å²) in [6.07, 6.45) is 0.639. The van der Waals surface area contributed by atoms with E-state index in [0.29, 0.717) is 22.9 Å². The number of hydrogen-bond acceptors (Lipinski definition) is 3. The molecule has 0 fully saturated rings. The minimum absolute atomic E-state index is 0.315. The van der Waals surface area contributed by atoms with Crippen molar-refractivity contribution in [1.82, 2.24) is 4.98 Å². The molecule has 1 heterocycles. The molecule has 0 aliphatic rings. The maximum absolute atomic E-state index is 10.6. The van der Waals surface area contributed by atoms with E-state index in [2.05, 4.69) is 4.98 Å². The van der Waals surface area contributed by atoms with Crippen LogP contribution in [0.2, 0.25) is 0 Å². The lowest BCUT2D eigenvalue weighted by Crippen LogP contribution is -1.94. The number of carboxylic acids is 1. The molecule has 0 unspecified atom stereocenters. The summed E-state index contributed by atoms with van der Waals surface area (Å²) in [6, 6.07) is 0. The summed E-state index contributed by atoms with van der Waals surface area (Å²) >= 11 is 6.69. The van der Waals surface area contributed by atoms with E-state index in [0.717, 1.165) is 5.01 Å². The zero-order chi connectivity index (χ0) is 9.14. The number of carboxylic acid groups (broad SMARTS) is 1. The molecule has 0 saturated heterocycles. The lowest BCUT2D eigenvalue weighted by Gasteiger charge is -1.84. The predicted octanol–water partition coefficient (Wildman–Crippen LogP) is 1.93. The molecule has 0 spiro atoms. The first-order valence-electron chi connectivity index (χ1n) is 3.40. The maximum Gasteiger partial charge on any atom is 0.347 e. The van der Waals surface area contributed by atoms with Gasteiger partial charge in [0.15, 0.2) is 0 Å². The number of aromatic carboxylic acids is 1.